The van der Waals surface area contributed by atoms with Gasteiger partial charge in [0.25, 0.3) is 0 Å². The molecule has 0 aromatic heterocycles. The Kier molecular flexibility index (Phi) is 51.3. The fourth-order valence-electron chi connectivity index (χ4n) is 8.12. The van der Waals surface area contributed by atoms with Crippen molar-refractivity contribution in [3.8, 4) is 0 Å². The third-order valence-corrected chi connectivity index (χ3v) is 12.4. The van der Waals surface area contributed by atoms with Gasteiger partial charge in [0.2, 0.25) is 0 Å². The van der Waals surface area contributed by atoms with Crippen molar-refractivity contribution in [1.29, 1.82) is 0 Å². The fourth-order valence-corrected chi connectivity index (χ4v) is 8.12. The SMILES string of the molecule is CCCCC/C=C\C/C=C\CCCCCCCCCC(=O)OC(COC(=O)CCCCCCCCCC)COC(=O)CCCCCCCCCCC/C=C\CCCCCCCCCC. The van der Waals surface area contributed by atoms with Gasteiger partial charge in [-0.3, -0.25) is 14.4 Å². The molecule has 0 aliphatic heterocycles. The maximum Gasteiger partial charge on any atom is 0.306 e. The van der Waals surface area contributed by atoms with Crippen LogP contribution in [0, 0.1) is 0 Å². The molecule has 0 heterocycles. The third kappa shape index (κ3) is 50.6. The molecule has 0 N–H and O–H groups in total. The lowest BCUT2D eigenvalue weighted by atomic mass is 10.1. The van der Waals surface area contributed by atoms with Crippen molar-refractivity contribution in [2.45, 2.75) is 303 Å². The lowest BCUT2D eigenvalue weighted by Gasteiger charge is -2.18. The van der Waals surface area contributed by atoms with Gasteiger partial charge in [-0.05, 0) is 77.0 Å². The molecular weight excluding hydrogens is 793 g/mol. The van der Waals surface area contributed by atoms with Crippen LogP contribution in [0.3, 0.4) is 0 Å². The van der Waals surface area contributed by atoms with Gasteiger partial charge in [0.05, 0.1) is 0 Å². The molecule has 0 radical (unpaired) electrons. The van der Waals surface area contributed by atoms with Gasteiger partial charge in [-0.25, -0.2) is 0 Å². The summed E-state index contributed by atoms with van der Waals surface area (Å²) in [6.45, 7) is 6.61. The second-order valence-corrected chi connectivity index (χ2v) is 18.8. The lowest BCUT2D eigenvalue weighted by molar-refractivity contribution is -0.167. The predicted molar refractivity (Wildman–Crippen MR) is 275 cm³/mol. The summed E-state index contributed by atoms with van der Waals surface area (Å²) in [7, 11) is 0. The molecule has 0 aliphatic carbocycles. The summed E-state index contributed by atoms with van der Waals surface area (Å²) in [5, 5.41) is 0. The number of allylic oxidation sites excluding steroid dienone is 6. The zero-order chi connectivity index (χ0) is 46.5. The second kappa shape index (κ2) is 53.2. The van der Waals surface area contributed by atoms with E-state index >= 15 is 0 Å². The molecule has 1 unspecified atom stereocenters. The Morgan fingerprint density at radius 3 is 0.906 bits per heavy atom. The molecule has 0 aromatic carbocycles. The van der Waals surface area contributed by atoms with Crippen molar-refractivity contribution in [2.75, 3.05) is 13.2 Å². The summed E-state index contributed by atoms with van der Waals surface area (Å²) < 4.78 is 16.8. The summed E-state index contributed by atoms with van der Waals surface area (Å²) >= 11 is 0. The Bertz CT molecular complexity index is 1080. The monoisotopic (exact) mass is 899 g/mol. The summed E-state index contributed by atoms with van der Waals surface area (Å²) in [5.41, 5.74) is 0. The van der Waals surface area contributed by atoms with E-state index in [1.807, 2.05) is 0 Å². The predicted octanol–water partition coefficient (Wildman–Crippen LogP) is 18.5. The van der Waals surface area contributed by atoms with Gasteiger partial charge in [0.15, 0.2) is 6.10 Å². The fraction of sp³-hybridized carbons (Fsp3) is 0.845. The molecule has 0 amide bonds. The standard InChI is InChI=1S/C58H106O6/c1-4-7-10-13-16-19-21-23-25-27-28-29-30-32-33-35-37-39-42-45-48-51-57(60)63-54-55(53-62-56(59)50-47-44-41-18-15-12-9-6-3)64-58(61)52-49-46-43-40-38-36-34-31-26-24-22-20-17-14-11-8-5-2/h17,20,24,26-28,55H,4-16,18-19,21-23,25,29-54H2,1-3H3/b20-17-,26-24-,28-27-. The van der Waals surface area contributed by atoms with E-state index in [9.17, 15) is 14.4 Å². The largest absolute Gasteiger partial charge is 0.462 e. The molecule has 0 aliphatic rings. The molecule has 6 nitrogen and oxygen atoms in total. The van der Waals surface area contributed by atoms with Crippen LogP contribution in [0.15, 0.2) is 36.5 Å². The van der Waals surface area contributed by atoms with E-state index < -0.39 is 6.10 Å². The van der Waals surface area contributed by atoms with E-state index in [0.29, 0.717) is 19.3 Å². The number of hydrogen-bond donors (Lipinski definition) is 0. The smallest absolute Gasteiger partial charge is 0.306 e. The molecule has 374 valence electrons. The molecule has 0 saturated heterocycles. The highest BCUT2D eigenvalue weighted by atomic mass is 16.6. The van der Waals surface area contributed by atoms with Crippen molar-refractivity contribution >= 4 is 17.9 Å². The van der Waals surface area contributed by atoms with Crippen molar-refractivity contribution < 1.29 is 28.6 Å². The Balaban J connectivity index is 4.23. The zero-order valence-electron chi connectivity index (χ0n) is 42.8. The molecule has 1 atom stereocenters. The molecule has 0 fully saturated rings. The first kappa shape index (κ1) is 61.6. The van der Waals surface area contributed by atoms with Gasteiger partial charge < -0.3 is 14.2 Å². The number of unbranched alkanes of at least 4 members (excludes halogenated alkanes) is 34. The average molecular weight is 899 g/mol. The van der Waals surface area contributed by atoms with Crippen molar-refractivity contribution in [3.05, 3.63) is 36.5 Å². The van der Waals surface area contributed by atoms with Crippen molar-refractivity contribution in [3.63, 3.8) is 0 Å². The minimum atomic E-state index is -0.773. The van der Waals surface area contributed by atoms with Crippen LogP contribution in [0.4, 0.5) is 0 Å². The Labute approximate surface area is 397 Å². The average Bonchev–Trinajstić information content (AvgIpc) is 3.29. The molecule has 0 rings (SSSR count). The van der Waals surface area contributed by atoms with Gasteiger partial charge in [0.1, 0.15) is 13.2 Å². The molecule has 0 spiro atoms. The number of esters is 3. The van der Waals surface area contributed by atoms with E-state index in [1.54, 1.807) is 0 Å². The topological polar surface area (TPSA) is 78.9 Å². The minimum Gasteiger partial charge on any atom is -0.462 e. The van der Waals surface area contributed by atoms with Gasteiger partial charge in [-0.2, -0.15) is 0 Å². The van der Waals surface area contributed by atoms with Crippen molar-refractivity contribution in [2.24, 2.45) is 0 Å². The van der Waals surface area contributed by atoms with Crippen LogP contribution in [0.5, 0.6) is 0 Å². The molecule has 64 heavy (non-hydrogen) atoms. The van der Waals surface area contributed by atoms with E-state index in [0.717, 1.165) is 70.6 Å². The van der Waals surface area contributed by atoms with Gasteiger partial charge in [-0.15, -0.1) is 0 Å². The van der Waals surface area contributed by atoms with E-state index in [4.69, 9.17) is 14.2 Å². The van der Waals surface area contributed by atoms with Gasteiger partial charge >= 0.3 is 17.9 Å². The van der Waals surface area contributed by atoms with Crippen molar-refractivity contribution in [1.82, 2.24) is 0 Å². The molecular formula is C58H106O6. The van der Waals surface area contributed by atoms with Crippen LogP contribution in [-0.4, -0.2) is 37.2 Å². The Hall–Kier alpha value is -2.37. The normalized spacial score (nSPS) is 12.2. The van der Waals surface area contributed by atoms with Crippen LogP contribution in [0.1, 0.15) is 297 Å². The van der Waals surface area contributed by atoms with Crippen LogP contribution < -0.4 is 0 Å². The molecule has 0 saturated carbocycles. The first-order valence-corrected chi connectivity index (χ1v) is 28.0. The van der Waals surface area contributed by atoms with E-state index in [-0.39, 0.29) is 31.1 Å². The minimum absolute atomic E-state index is 0.0735. The molecule has 6 heteroatoms. The number of hydrogen-bond acceptors (Lipinski definition) is 6. The second-order valence-electron chi connectivity index (χ2n) is 18.8. The summed E-state index contributed by atoms with van der Waals surface area (Å²) in [4.78, 5) is 37.9. The molecule has 0 bridgehead atoms. The summed E-state index contributed by atoms with van der Waals surface area (Å²) in [6.07, 6.45) is 62.9. The molecule has 0 aromatic rings. The summed E-state index contributed by atoms with van der Waals surface area (Å²) in [5.74, 6) is -0.875. The number of ether oxygens (including phenoxy) is 3. The maximum atomic E-state index is 12.8. The van der Waals surface area contributed by atoms with Gasteiger partial charge in [0, 0.05) is 19.3 Å². The summed E-state index contributed by atoms with van der Waals surface area (Å²) in [6, 6.07) is 0. The first-order chi connectivity index (χ1) is 31.5. The van der Waals surface area contributed by atoms with Crippen LogP contribution in [-0.2, 0) is 28.6 Å². The number of rotatable bonds is 51. The zero-order valence-corrected chi connectivity index (χ0v) is 42.8. The number of carbonyl (C=O) groups is 3. The third-order valence-electron chi connectivity index (χ3n) is 12.4. The highest BCUT2D eigenvalue weighted by Gasteiger charge is 2.19. The number of carbonyl (C=O) groups excluding carboxylic acids is 3. The Morgan fingerprint density at radius 2 is 0.562 bits per heavy atom. The van der Waals surface area contributed by atoms with Gasteiger partial charge in [-0.1, -0.05) is 237 Å². The van der Waals surface area contributed by atoms with Crippen LogP contribution >= 0.6 is 0 Å². The maximum absolute atomic E-state index is 12.8. The highest BCUT2D eigenvalue weighted by Crippen LogP contribution is 2.16. The van der Waals surface area contributed by atoms with E-state index in [1.165, 1.54) is 186 Å². The first-order valence-electron chi connectivity index (χ1n) is 28.0. The quantitative estimate of drug-likeness (QED) is 0.0262. The highest BCUT2D eigenvalue weighted by molar-refractivity contribution is 5.71. The Morgan fingerprint density at radius 1 is 0.312 bits per heavy atom. The lowest BCUT2D eigenvalue weighted by Crippen LogP contribution is -2.30. The van der Waals surface area contributed by atoms with E-state index in [2.05, 4.69) is 57.2 Å². The van der Waals surface area contributed by atoms with Crippen LogP contribution in [0.25, 0.3) is 0 Å². The van der Waals surface area contributed by atoms with Crippen LogP contribution in [0.2, 0.25) is 0 Å².